The quantitative estimate of drug-likeness (QED) is 0.377. The van der Waals surface area contributed by atoms with E-state index >= 15 is 0 Å². The minimum absolute atomic E-state index is 0.0443. The van der Waals surface area contributed by atoms with E-state index < -0.39 is 32.8 Å². The molecule has 3 fully saturated rings. The lowest BCUT2D eigenvalue weighted by atomic mass is 9.92. The molecule has 41 heavy (non-hydrogen) atoms. The molecule has 9 nitrogen and oxygen atoms in total. The number of ether oxygens (including phenoxy) is 1. The molecule has 0 spiro atoms. The smallest absolute Gasteiger partial charge is 0.316 e. The number of fused-ring (bicyclic) bond motifs is 1. The van der Waals surface area contributed by atoms with E-state index in [1.165, 1.54) is 10.5 Å². The zero-order chi connectivity index (χ0) is 28.8. The molecular formula is C29H31F2N5O4S. The molecule has 0 unspecified atom stereocenters. The summed E-state index contributed by atoms with van der Waals surface area (Å²) < 4.78 is 63.2. The van der Waals surface area contributed by atoms with E-state index in [0.717, 1.165) is 48.6 Å². The van der Waals surface area contributed by atoms with E-state index in [4.69, 9.17) is 4.74 Å². The fourth-order valence-electron chi connectivity index (χ4n) is 6.27. The fourth-order valence-corrected chi connectivity index (χ4v) is 7.89. The lowest BCUT2D eigenvalue weighted by Gasteiger charge is -2.27. The van der Waals surface area contributed by atoms with Crippen molar-refractivity contribution < 1.29 is 21.9 Å². The lowest BCUT2D eigenvalue weighted by Crippen LogP contribution is -2.41. The van der Waals surface area contributed by atoms with Crippen molar-refractivity contribution in [3.8, 4) is 11.4 Å². The van der Waals surface area contributed by atoms with E-state index in [-0.39, 0.29) is 42.3 Å². The number of rotatable bonds is 8. The van der Waals surface area contributed by atoms with Crippen LogP contribution in [0.5, 0.6) is 5.75 Å². The van der Waals surface area contributed by atoms with Crippen LogP contribution >= 0.6 is 0 Å². The van der Waals surface area contributed by atoms with Crippen molar-refractivity contribution in [1.29, 1.82) is 0 Å². The SMILES string of the molecule is C=N[C@]12CN(c3cnn(-c4cc(F)cc(F)c4)c(=O)c3OC3CCCC3)C[C@H]1CN(S(=O)(=O)Cc1ccccc1)C2. The van der Waals surface area contributed by atoms with E-state index in [9.17, 15) is 22.0 Å². The second-order valence-electron chi connectivity index (χ2n) is 11.1. The summed E-state index contributed by atoms with van der Waals surface area (Å²) in [6, 6.07) is 11.9. The molecule has 0 N–H and O–H groups in total. The van der Waals surface area contributed by atoms with Crippen LogP contribution in [0.2, 0.25) is 0 Å². The Hall–Kier alpha value is -3.64. The maximum atomic E-state index is 14.0. The third-order valence-electron chi connectivity index (χ3n) is 8.37. The molecule has 1 aromatic heterocycles. The van der Waals surface area contributed by atoms with Gasteiger partial charge in [-0.1, -0.05) is 30.3 Å². The summed E-state index contributed by atoms with van der Waals surface area (Å²) in [6.45, 7) is 5.00. The van der Waals surface area contributed by atoms with Gasteiger partial charge in [-0.05, 0) is 50.1 Å². The van der Waals surface area contributed by atoms with Crippen molar-refractivity contribution in [2.45, 2.75) is 43.1 Å². The molecule has 2 aromatic carbocycles. The summed E-state index contributed by atoms with van der Waals surface area (Å²) in [4.78, 5) is 20.1. The highest BCUT2D eigenvalue weighted by atomic mass is 32.2. The van der Waals surface area contributed by atoms with E-state index in [1.54, 1.807) is 12.1 Å². The van der Waals surface area contributed by atoms with Gasteiger partial charge in [0.05, 0.1) is 29.3 Å². The zero-order valence-electron chi connectivity index (χ0n) is 22.5. The van der Waals surface area contributed by atoms with E-state index in [2.05, 4.69) is 16.8 Å². The molecule has 6 rings (SSSR count). The van der Waals surface area contributed by atoms with Crippen LogP contribution in [0.25, 0.3) is 5.69 Å². The van der Waals surface area contributed by atoms with E-state index in [0.29, 0.717) is 24.3 Å². The predicted molar refractivity (Wildman–Crippen MR) is 151 cm³/mol. The van der Waals surface area contributed by atoms with Gasteiger partial charge < -0.3 is 9.64 Å². The van der Waals surface area contributed by atoms with Gasteiger partial charge in [0, 0.05) is 38.2 Å². The molecule has 3 aromatic rings. The van der Waals surface area contributed by atoms with Gasteiger partial charge in [-0.3, -0.25) is 9.79 Å². The number of benzene rings is 2. The summed E-state index contributed by atoms with van der Waals surface area (Å²) in [6.07, 6.45) is 4.87. The predicted octanol–water partition coefficient (Wildman–Crippen LogP) is 3.55. The average Bonchev–Trinajstić information content (AvgIpc) is 3.65. The maximum absolute atomic E-state index is 14.0. The number of nitrogens with zero attached hydrogens (tertiary/aromatic N) is 5. The maximum Gasteiger partial charge on any atom is 0.316 e. The third-order valence-corrected chi connectivity index (χ3v) is 10.1. The van der Waals surface area contributed by atoms with Gasteiger partial charge >= 0.3 is 5.56 Å². The topological polar surface area (TPSA) is 97.1 Å². The highest BCUT2D eigenvalue weighted by molar-refractivity contribution is 7.88. The second kappa shape index (κ2) is 10.6. The number of sulfonamides is 1. The van der Waals surface area contributed by atoms with Crippen LogP contribution < -0.4 is 15.2 Å². The van der Waals surface area contributed by atoms with Crippen LogP contribution in [-0.2, 0) is 15.8 Å². The van der Waals surface area contributed by atoms with Crippen molar-refractivity contribution >= 4 is 22.4 Å². The zero-order valence-corrected chi connectivity index (χ0v) is 23.3. The Labute approximate surface area is 237 Å². The van der Waals surface area contributed by atoms with Crippen molar-refractivity contribution in [2.24, 2.45) is 10.9 Å². The molecule has 216 valence electrons. The van der Waals surface area contributed by atoms with Crippen LogP contribution in [0.1, 0.15) is 31.2 Å². The van der Waals surface area contributed by atoms with Crippen molar-refractivity contribution in [3.05, 3.63) is 82.3 Å². The van der Waals surface area contributed by atoms with Crippen molar-refractivity contribution in [3.63, 3.8) is 0 Å². The summed E-state index contributed by atoms with van der Waals surface area (Å²) in [7, 11) is -3.58. The Morgan fingerprint density at radius 3 is 2.41 bits per heavy atom. The first kappa shape index (κ1) is 27.5. The molecule has 0 amide bonds. The first-order chi connectivity index (χ1) is 19.7. The molecule has 3 heterocycles. The Balaban J connectivity index is 1.30. The number of hydrogen-bond donors (Lipinski definition) is 0. The fraction of sp³-hybridized carbons (Fsp3) is 0.414. The molecule has 12 heteroatoms. The first-order valence-electron chi connectivity index (χ1n) is 13.7. The highest BCUT2D eigenvalue weighted by Gasteiger charge is 2.55. The Kier molecular flexibility index (Phi) is 7.14. The Morgan fingerprint density at radius 2 is 1.76 bits per heavy atom. The van der Waals surface area contributed by atoms with Gasteiger partial charge in [-0.15, -0.1) is 0 Å². The number of anilines is 1. The van der Waals surface area contributed by atoms with Gasteiger partial charge in [0.15, 0.2) is 0 Å². The largest absolute Gasteiger partial charge is 0.483 e. The molecule has 2 atom stereocenters. The lowest BCUT2D eigenvalue weighted by molar-refractivity contribution is 0.206. The van der Waals surface area contributed by atoms with Gasteiger partial charge in [0.2, 0.25) is 15.8 Å². The average molecular weight is 584 g/mol. The summed E-state index contributed by atoms with van der Waals surface area (Å²) in [5.41, 5.74) is -0.271. The Morgan fingerprint density at radius 1 is 1.05 bits per heavy atom. The van der Waals surface area contributed by atoms with Gasteiger partial charge in [0.1, 0.15) is 17.3 Å². The number of hydrogen-bond acceptors (Lipinski definition) is 7. The van der Waals surface area contributed by atoms with Gasteiger partial charge in [-0.2, -0.15) is 14.1 Å². The van der Waals surface area contributed by atoms with Crippen LogP contribution in [0.4, 0.5) is 14.5 Å². The Bertz CT molecular complexity index is 1610. The summed E-state index contributed by atoms with van der Waals surface area (Å²) >= 11 is 0. The second-order valence-corrected chi connectivity index (χ2v) is 13.1. The molecule has 0 bridgehead atoms. The highest BCUT2D eigenvalue weighted by Crippen LogP contribution is 2.43. The summed E-state index contributed by atoms with van der Waals surface area (Å²) in [5, 5.41) is 4.25. The van der Waals surface area contributed by atoms with Crippen molar-refractivity contribution in [1.82, 2.24) is 14.1 Å². The molecule has 1 aliphatic carbocycles. The molecule has 0 radical (unpaired) electrons. The van der Waals surface area contributed by atoms with Crippen LogP contribution in [-0.4, -0.2) is 67.0 Å². The normalized spacial score (nSPS) is 23.2. The first-order valence-corrected chi connectivity index (χ1v) is 15.3. The minimum Gasteiger partial charge on any atom is -0.483 e. The minimum atomic E-state index is -3.58. The molecule has 2 saturated heterocycles. The molecule has 3 aliphatic rings. The van der Waals surface area contributed by atoms with Crippen LogP contribution in [0.15, 0.2) is 64.5 Å². The van der Waals surface area contributed by atoms with E-state index in [1.807, 2.05) is 23.1 Å². The van der Waals surface area contributed by atoms with Crippen molar-refractivity contribution in [2.75, 3.05) is 31.1 Å². The standard InChI is InChI=1S/C29H31F2N5O4S/c1-32-29-18-34(15-21(29)16-35(19-29)41(38,39)17-20-7-3-2-4-8-20)26-14-33-36(24-12-22(30)11-23(31)13-24)28(37)27(26)40-25-9-5-6-10-25/h2-4,7-8,11-14,21,25H,1,5-6,9-10,15-19H2/t21-,29-/m0/s1. The third kappa shape index (κ3) is 5.26. The number of aromatic nitrogens is 2. The molecule has 2 aliphatic heterocycles. The van der Waals surface area contributed by atoms with Gasteiger partial charge in [0.25, 0.3) is 0 Å². The number of halogens is 2. The van der Waals surface area contributed by atoms with Crippen LogP contribution in [0, 0.1) is 17.6 Å². The molecular weight excluding hydrogens is 552 g/mol. The number of aliphatic imine (C=N–C) groups is 1. The van der Waals surface area contributed by atoms with Crippen LogP contribution in [0.3, 0.4) is 0 Å². The van der Waals surface area contributed by atoms with Gasteiger partial charge in [-0.25, -0.2) is 17.2 Å². The monoisotopic (exact) mass is 583 g/mol. The molecule has 1 saturated carbocycles. The summed E-state index contributed by atoms with van der Waals surface area (Å²) in [5.74, 6) is -1.85.